The molecule has 0 aliphatic heterocycles. The summed E-state index contributed by atoms with van der Waals surface area (Å²) in [5, 5.41) is 5.68. The molecule has 0 fully saturated rings. The normalized spacial score (nSPS) is 12.0. The number of imidazole rings is 1. The van der Waals surface area contributed by atoms with Crippen LogP contribution in [0.2, 0.25) is 0 Å². The number of aromatic nitrogens is 6. The van der Waals surface area contributed by atoms with Crippen molar-refractivity contribution in [2.75, 3.05) is 0 Å². The van der Waals surface area contributed by atoms with Crippen molar-refractivity contribution in [1.82, 2.24) is 29.1 Å². The van der Waals surface area contributed by atoms with Crippen LogP contribution in [0.25, 0.3) is 27.6 Å². The number of nitrogens with zero attached hydrogens (tertiary/aromatic N) is 6. The molecule has 4 heterocycles. The van der Waals surface area contributed by atoms with E-state index in [-0.39, 0.29) is 0 Å². The van der Waals surface area contributed by atoms with Gasteiger partial charge in [-0.15, -0.1) is 0 Å². The van der Waals surface area contributed by atoms with Gasteiger partial charge in [-0.3, -0.25) is 4.98 Å². The van der Waals surface area contributed by atoms with E-state index in [1.807, 2.05) is 43.7 Å². The lowest BCUT2D eigenvalue weighted by atomic mass is 10.2. The van der Waals surface area contributed by atoms with Crippen LogP contribution in [-0.4, -0.2) is 29.1 Å². The first-order chi connectivity index (χ1) is 12.6. The van der Waals surface area contributed by atoms with Crippen LogP contribution < -0.4 is 0 Å². The quantitative estimate of drug-likeness (QED) is 0.502. The molecule has 7 nitrogen and oxygen atoms in total. The lowest BCUT2D eigenvalue weighted by Gasteiger charge is -2.00. The molecule has 0 saturated heterocycles. The fourth-order valence-electron chi connectivity index (χ4n) is 3.44. The molecule has 4 aromatic heterocycles. The molecule has 0 aliphatic rings. The molecule has 26 heavy (non-hydrogen) atoms. The Hall–Kier alpha value is -3.22. The van der Waals surface area contributed by atoms with Gasteiger partial charge in [0.15, 0.2) is 11.5 Å². The Labute approximate surface area is 149 Å². The maximum atomic E-state index is 5.48. The number of benzene rings is 1. The second kappa shape index (κ2) is 5.39. The maximum Gasteiger partial charge on any atom is 0.177 e. The number of aryl methyl sites for hydroxylation is 5. The molecule has 0 N–H and O–H groups in total. The second-order valence-corrected chi connectivity index (χ2v) is 6.60. The molecule has 0 saturated carbocycles. The van der Waals surface area contributed by atoms with Crippen molar-refractivity contribution in [2.24, 2.45) is 7.05 Å². The third kappa shape index (κ3) is 2.13. The molecule has 5 aromatic rings. The predicted molar refractivity (Wildman–Crippen MR) is 98.2 cm³/mol. The molecule has 0 aliphatic carbocycles. The van der Waals surface area contributed by atoms with Gasteiger partial charge in [0.05, 0.1) is 28.7 Å². The van der Waals surface area contributed by atoms with Crippen LogP contribution >= 0.6 is 0 Å². The lowest BCUT2D eigenvalue weighted by Crippen LogP contribution is -2.02. The highest BCUT2D eigenvalue weighted by atomic mass is 16.3. The number of hydrogen-bond donors (Lipinski definition) is 0. The summed E-state index contributed by atoms with van der Waals surface area (Å²) in [4.78, 5) is 13.9. The molecular weight excluding hydrogens is 328 g/mol. The standard InChI is InChI=1S/C19H18N6O/c1-11-10-20-12(2)19-21-16(23-25(11)19)6-7-17-22-18-13-8-9-26-15(13)5-4-14(18)24(17)3/h4-5,8-10H,6-7H2,1-3H3. The van der Waals surface area contributed by atoms with E-state index >= 15 is 0 Å². The van der Waals surface area contributed by atoms with Crippen LogP contribution in [-0.2, 0) is 19.9 Å². The zero-order valence-corrected chi connectivity index (χ0v) is 14.9. The summed E-state index contributed by atoms with van der Waals surface area (Å²) in [6.45, 7) is 3.94. The first kappa shape index (κ1) is 15.1. The topological polar surface area (TPSA) is 74.0 Å². The van der Waals surface area contributed by atoms with Gasteiger partial charge in [0, 0.05) is 31.5 Å². The van der Waals surface area contributed by atoms with Crippen LogP contribution in [0.3, 0.4) is 0 Å². The van der Waals surface area contributed by atoms with Gasteiger partial charge in [-0.2, -0.15) is 5.10 Å². The highest BCUT2D eigenvalue weighted by Crippen LogP contribution is 2.26. The predicted octanol–water partition coefficient (Wildman–Crippen LogP) is 3.16. The van der Waals surface area contributed by atoms with Gasteiger partial charge in [0.25, 0.3) is 0 Å². The van der Waals surface area contributed by atoms with Crippen LogP contribution in [0.4, 0.5) is 0 Å². The molecule has 5 rings (SSSR count). The van der Waals surface area contributed by atoms with E-state index in [2.05, 4.69) is 25.7 Å². The SMILES string of the molecule is Cc1ncc(C)n2nc(CCc3nc4c5ccoc5ccc4n3C)nc12. The molecule has 0 spiro atoms. The van der Waals surface area contributed by atoms with Crippen molar-refractivity contribution < 1.29 is 4.42 Å². The molecule has 1 aromatic carbocycles. The average molecular weight is 346 g/mol. The van der Waals surface area contributed by atoms with Crippen molar-refractivity contribution >= 4 is 27.6 Å². The monoisotopic (exact) mass is 346 g/mol. The van der Waals surface area contributed by atoms with Crippen LogP contribution in [0.5, 0.6) is 0 Å². The Morgan fingerprint density at radius 3 is 2.81 bits per heavy atom. The van der Waals surface area contributed by atoms with Gasteiger partial charge in [0.1, 0.15) is 11.4 Å². The molecule has 0 radical (unpaired) electrons. The van der Waals surface area contributed by atoms with Crippen molar-refractivity contribution in [3.8, 4) is 0 Å². The summed E-state index contributed by atoms with van der Waals surface area (Å²) in [5.41, 5.74) is 5.64. The third-order valence-corrected chi connectivity index (χ3v) is 4.90. The van der Waals surface area contributed by atoms with Crippen LogP contribution in [0.15, 0.2) is 35.1 Å². The Kier molecular flexibility index (Phi) is 3.12. The first-order valence-electron chi connectivity index (χ1n) is 8.61. The molecule has 0 bridgehead atoms. The largest absolute Gasteiger partial charge is 0.464 e. The fourth-order valence-corrected chi connectivity index (χ4v) is 3.44. The van der Waals surface area contributed by atoms with Crippen molar-refractivity contribution in [3.63, 3.8) is 0 Å². The fraction of sp³-hybridized carbons (Fsp3) is 0.263. The zero-order valence-electron chi connectivity index (χ0n) is 14.9. The van der Waals surface area contributed by atoms with E-state index in [1.165, 1.54) is 0 Å². The summed E-state index contributed by atoms with van der Waals surface area (Å²) in [5.74, 6) is 1.82. The van der Waals surface area contributed by atoms with Gasteiger partial charge < -0.3 is 8.98 Å². The third-order valence-electron chi connectivity index (χ3n) is 4.90. The van der Waals surface area contributed by atoms with Crippen LogP contribution in [0, 0.1) is 13.8 Å². The minimum atomic E-state index is 0.728. The number of rotatable bonds is 3. The summed E-state index contributed by atoms with van der Waals surface area (Å²) in [7, 11) is 2.05. The van der Waals surface area contributed by atoms with E-state index in [0.717, 1.165) is 63.5 Å². The van der Waals surface area contributed by atoms with Gasteiger partial charge in [-0.25, -0.2) is 14.5 Å². The van der Waals surface area contributed by atoms with E-state index in [9.17, 15) is 0 Å². The zero-order chi connectivity index (χ0) is 17.8. The molecule has 130 valence electrons. The number of fused-ring (bicyclic) bond motifs is 4. The summed E-state index contributed by atoms with van der Waals surface area (Å²) < 4.78 is 9.48. The van der Waals surface area contributed by atoms with Crippen molar-refractivity contribution in [2.45, 2.75) is 26.7 Å². The highest BCUT2D eigenvalue weighted by Gasteiger charge is 2.14. The smallest absolute Gasteiger partial charge is 0.177 e. The molecular formula is C19H18N6O. The number of furan rings is 1. The van der Waals surface area contributed by atoms with Crippen LogP contribution in [0.1, 0.15) is 23.0 Å². The first-order valence-corrected chi connectivity index (χ1v) is 8.61. The van der Waals surface area contributed by atoms with E-state index in [1.54, 1.807) is 6.26 Å². The van der Waals surface area contributed by atoms with Crippen molar-refractivity contribution in [1.29, 1.82) is 0 Å². The van der Waals surface area contributed by atoms with E-state index in [4.69, 9.17) is 9.40 Å². The van der Waals surface area contributed by atoms with Gasteiger partial charge in [0.2, 0.25) is 0 Å². The minimum absolute atomic E-state index is 0.728. The minimum Gasteiger partial charge on any atom is -0.464 e. The Morgan fingerprint density at radius 1 is 1.08 bits per heavy atom. The highest BCUT2D eigenvalue weighted by molar-refractivity contribution is 6.02. The Morgan fingerprint density at radius 2 is 1.96 bits per heavy atom. The van der Waals surface area contributed by atoms with E-state index < -0.39 is 0 Å². The molecule has 0 atom stereocenters. The maximum absolute atomic E-state index is 5.48. The summed E-state index contributed by atoms with van der Waals surface area (Å²) >= 11 is 0. The molecule has 0 amide bonds. The van der Waals surface area contributed by atoms with Gasteiger partial charge >= 0.3 is 0 Å². The summed E-state index contributed by atoms with van der Waals surface area (Å²) in [6, 6.07) is 6.02. The Balaban J connectivity index is 1.51. The average Bonchev–Trinajstić information content (AvgIpc) is 3.34. The second-order valence-electron chi connectivity index (χ2n) is 6.60. The molecule has 7 heteroatoms. The van der Waals surface area contributed by atoms with Crippen molar-refractivity contribution in [3.05, 3.63) is 53.7 Å². The van der Waals surface area contributed by atoms with E-state index in [0.29, 0.717) is 0 Å². The Bertz CT molecular complexity index is 1240. The number of hydrogen-bond acceptors (Lipinski definition) is 5. The van der Waals surface area contributed by atoms with Gasteiger partial charge in [-0.1, -0.05) is 0 Å². The molecule has 0 unspecified atom stereocenters. The summed E-state index contributed by atoms with van der Waals surface area (Å²) in [6.07, 6.45) is 5.03. The van der Waals surface area contributed by atoms with Gasteiger partial charge in [-0.05, 0) is 32.0 Å². The lowest BCUT2D eigenvalue weighted by molar-refractivity contribution is 0.616.